The lowest BCUT2D eigenvalue weighted by Gasteiger charge is -2.10. The Labute approximate surface area is 80.9 Å². The van der Waals surface area contributed by atoms with Gasteiger partial charge in [-0.3, -0.25) is 0 Å². The Hall–Kier alpha value is -0.370. The maximum atomic E-state index is 13.3. The van der Waals surface area contributed by atoms with Gasteiger partial charge in [0.1, 0.15) is 6.17 Å². The second kappa shape index (κ2) is 4.04. The number of alkyl halides is 2. The van der Waals surface area contributed by atoms with E-state index in [0.29, 0.717) is 0 Å². The SMILES string of the molecule is Cc1ccc(C(F)C(C)Br)cc1. The van der Waals surface area contributed by atoms with Crippen molar-refractivity contribution in [2.75, 3.05) is 0 Å². The smallest absolute Gasteiger partial charge is 0.137 e. The van der Waals surface area contributed by atoms with Gasteiger partial charge in [0.2, 0.25) is 0 Å². The van der Waals surface area contributed by atoms with Crippen LogP contribution in [0.15, 0.2) is 24.3 Å². The minimum absolute atomic E-state index is 0.125. The van der Waals surface area contributed by atoms with Crippen LogP contribution < -0.4 is 0 Å². The molecule has 0 radical (unpaired) electrons. The van der Waals surface area contributed by atoms with Gasteiger partial charge in [0.25, 0.3) is 0 Å². The molecule has 0 nitrogen and oxygen atoms in total. The van der Waals surface area contributed by atoms with Crippen LogP contribution in [-0.4, -0.2) is 4.83 Å². The molecule has 2 atom stereocenters. The fraction of sp³-hybridized carbons (Fsp3) is 0.400. The van der Waals surface area contributed by atoms with Gasteiger partial charge in [0.05, 0.1) is 0 Å². The third-order valence-corrected chi connectivity index (χ3v) is 2.26. The topological polar surface area (TPSA) is 0 Å². The number of hydrogen-bond donors (Lipinski definition) is 0. The predicted octanol–water partition coefficient (Wildman–Crippen LogP) is 3.79. The van der Waals surface area contributed by atoms with Crippen LogP contribution in [0.3, 0.4) is 0 Å². The van der Waals surface area contributed by atoms with E-state index in [-0.39, 0.29) is 4.83 Å². The van der Waals surface area contributed by atoms with Gasteiger partial charge in [-0.25, -0.2) is 4.39 Å². The average Bonchev–Trinajstić information content (AvgIpc) is 2.04. The van der Waals surface area contributed by atoms with Gasteiger partial charge in [-0.1, -0.05) is 45.8 Å². The van der Waals surface area contributed by atoms with Gasteiger partial charge in [0, 0.05) is 4.83 Å². The number of aryl methyl sites for hydroxylation is 1. The Morgan fingerprint density at radius 3 is 2.17 bits per heavy atom. The standard InChI is InChI=1S/C10H12BrF/c1-7-3-5-9(6-4-7)10(12)8(2)11/h3-6,8,10H,1-2H3. The monoisotopic (exact) mass is 230 g/mol. The molecule has 1 rings (SSSR count). The molecule has 1 aromatic carbocycles. The minimum atomic E-state index is -0.911. The molecule has 0 aromatic heterocycles. The van der Waals surface area contributed by atoms with Crippen LogP contribution in [0.25, 0.3) is 0 Å². The van der Waals surface area contributed by atoms with Gasteiger partial charge in [-0.05, 0) is 19.4 Å². The van der Waals surface area contributed by atoms with Crippen molar-refractivity contribution in [2.24, 2.45) is 0 Å². The Balaban J connectivity index is 2.82. The van der Waals surface area contributed by atoms with E-state index in [0.717, 1.165) is 11.1 Å². The Kier molecular flexibility index (Phi) is 3.27. The van der Waals surface area contributed by atoms with Crippen molar-refractivity contribution in [3.05, 3.63) is 35.4 Å². The highest BCUT2D eigenvalue weighted by molar-refractivity contribution is 9.09. The summed E-state index contributed by atoms with van der Waals surface area (Å²) in [7, 11) is 0. The number of rotatable bonds is 2. The van der Waals surface area contributed by atoms with E-state index in [9.17, 15) is 4.39 Å². The summed E-state index contributed by atoms with van der Waals surface area (Å²) < 4.78 is 13.3. The fourth-order valence-electron chi connectivity index (χ4n) is 1.02. The van der Waals surface area contributed by atoms with Crippen molar-refractivity contribution in [2.45, 2.75) is 24.8 Å². The van der Waals surface area contributed by atoms with Crippen LogP contribution in [0.2, 0.25) is 0 Å². The molecule has 0 saturated carbocycles. The summed E-state index contributed by atoms with van der Waals surface area (Å²) in [6.45, 7) is 3.80. The first kappa shape index (κ1) is 9.72. The van der Waals surface area contributed by atoms with E-state index in [2.05, 4.69) is 15.9 Å². The molecule has 66 valence electrons. The fourth-order valence-corrected chi connectivity index (χ4v) is 1.32. The summed E-state index contributed by atoms with van der Waals surface area (Å²) in [5, 5.41) is 0. The van der Waals surface area contributed by atoms with Crippen LogP contribution in [-0.2, 0) is 0 Å². The molecule has 0 aliphatic heterocycles. The van der Waals surface area contributed by atoms with Gasteiger partial charge in [0.15, 0.2) is 0 Å². The first-order valence-electron chi connectivity index (χ1n) is 3.96. The molecule has 0 heterocycles. The first-order chi connectivity index (χ1) is 5.61. The Morgan fingerprint density at radius 1 is 1.25 bits per heavy atom. The largest absolute Gasteiger partial charge is 0.241 e. The van der Waals surface area contributed by atoms with Crippen LogP contribution in [0.4, 0.5) is 4.39 Å². The van der Waals surface area contributed by atoms with Crippen LogP contribution in [0.5, 0.6) is 0 Å². The van der Waals surface area contributed by atoms with Gasteiger partial charge >= 0.3 is 0 Å². The highest BCUT2D eigenvalue weighted by atomic mass is 79.9. The molecule has 0 amide bonds. The van der Waals surface area contributed by atoms with Crippen LogP contribution >= 0.6 is 15.9 Å². The zero-order chi connectivity index (χ0) is 9.14. The van der Waals surface area contributed by atoms with E-state index in [4.69, 9.17) is 0 Å². The van der Waals surface area contributed by atoms with Crippen molar-refractivity contribution in [3.8, 4) is 0 Å². The highest BCUT2D eigenvalue weighted by Crippen LogP contribution is 2.25. The van der Waals surface area contributed by atoms with Crippen molar-refractivity contribution in [3.63, 3.8) is 0 Å². The van der Waals surface area contributed by atoms with E-state index >= 15 is 0 Å². The molecule has 1 aromatic rings. The van der Waals surface area contributed by atoms with Crippen molar-refractivity contribution in [1.29, 1.82) is 0 Å². The van der Waals surface area contributed by atoms with E-state index in [1.165, 1.54) is 0 Å². The molecule has 12 heavy (non-hydrogen) atoms. The number of benzene rings is 1. The summed E-state index contributed by atoms with van der Waals surface area (Å²) in [4.78, 5) is -0.125. The highest BCUT2D eigenvalue weighted by Gasteiger charge is 2.14. The molecule has 0 bridgehead atoms. The molecule has 0 N–H and O–H groups in total. The molecule has 0 spiro atoms. The van der Waals surface area contributed by atoms with Crippen molar-refractivity contribution < 1.29 is 4.39 Å². The maximum Gasteiger partial charge on any atom is 0.137 e. The van der Waals surface area contributed by atoms with Crippen molar-refractivity contribution >= 4 is 15.9 Å². The second-order valence-corrected chi connectivity index (χ2v) is 4.43. The van der Waals surface area contributed by atoms with E-state index in [1.54, 1.807) is 0 Å². The Bertz CT molecular complexity index is 241. The quantitative estimate of drug-likeness (QED) is 0.679. The summed E-state index contributed by atoms with van der Waals surface area (Å²) in [6.07, 6.45) is -0.911. The normalized spacial score (nSPS) is 15.7. The third kappa shape index (κ3) is 2.31. The summed E-state index contributed by atoms with van der Waals surface area (Å²) >= 11 is 3.22. The minimum Gasteiger partial charge on any atom is -0.241 e. The average molecular weight is 231 g/mol. The zero-order valence-electron chi connectivity index (χ0n) is 7.22. The molecular weight excluding hydrogens is 219 g/mol. The second-order valence-electron chi connectivity index (χ2n) is 2.99. The lowest BCUT2D eigenvalue weighted by molar-refractivity contribution is 0.345. The van der Waals surface area contributed by atoms with Crippen LogP contribution in [0, 0.1) is 6.92 Å². The zero-order valence-corrected chi connectivity index (χ0v) is 8.81. The lowest BCUT2D eigenvalue weighted by atomic mass is 10.1. The predicted molar refractivity (Wildman–Crippen MR) is 53.4 cm³/mol. The molecule has 2 heteroatoms. The first-order valence-corrected chi connectivity index (χ1v) is 4.87. The van der Waals surface area contributed by atoms with E-state index in [1.807, 2.05) is 38.1 Å². The lowest BCUT2D eigenvalue weighted by Crippen LogP contribution is -2.02. The van der Waals surface area contributed by atoms with Crippen molar-refractivity contribution in [1.82, 2.24) is 0 Å². The molecule has 0 fully saturated rings. The molecule has 0 aliphatic carbocycles. The van der Waals surface area contributed by atoms with Gasteiger partial charge in [-0.15, -0.1) is 0 Å². The van der Waals surface area contributed by atoms with E-state index < -0.39 is 6.17 Å². The summed E-state index contributed by atoms with van der Waals surface area (Å²) in [6, 6.07) is 7.52. The van der Waals surface area contributed by atoms with Gasteiger partial charge in [-0.2, -0.15) is 0 Å². The number of hydrogen-bond acceptors (Lipinski definition) is 0. The van der Waals surface area contributed by atoms with Crippen LogP contribution in [0.1, 0.15) is 24.2 Å². The Morgan fingerprint density at radius 2 is 1.75 bits per heavy atom. The number of halogens is 2. The molecule has 0 saturated heterocycles. The van der Waals surface area contributed by atoms with Gasteiger partial charge < -0.3 is 0 Å². The summed E-state index contributed by atoms with van der Waals surface area (Å²) in [5.41, 5.74) is 1.90. The maximum absolute atomic E-state index is 13.3. The molecule has 2 unspecified atom stereocenters. The molecular formula is C10H12BrF. The third-order valence-electron chi connectivity index (χ3n) is 1.80. The summed E-state index contributed by atoms with van der Waals surface area (Å²) in [5.74, 6) is 0. The molecule has 0 aliphatic rings.